The van der Waals surface area contributed by atoms with Crippen molar-refractivity contribution in [1.29, 1.82) is 10.5 Å². The summed E-state index contributed by atoms with van der Waals surface area (Å²) in [5.41, 5.74) is 14.9. The van der Waals surface area contributed by atoms with Crippen LogP contribution in [0.3, 0.4) is 0 Å². The Morgan fingerprint density at radius 3 is 1.92 bits per heavy atom. The molecule has 0 aliphatic carbocycles. The number of allylic oxidation sites excluding steroid dienone is 2. The zero-order chi connectivity index (χ0) is 18.7. The summed E-state index contributed by atoms with van der Waals surface area (Å²) in [4.78, 5) is 1.61. The normalized spacial score (nSPS) is 15.0. The van der Waals surface area contributed by atoms with Crippen molar-refractivity contribution < 1.29 is 0 Å². The van der Waals surface area contributed by atoms with Gasteiger partial charge in [-0.05, 0) is 23.3 Å². The number of hydrogen-bond donors (Lipinski definition) is 2. The minimum Gasteiger partial charge on any atom is -0.384 e. The van der Waals surface area contributed by atoms with Crippen molar-refractivity contribution >= 4 is 11.6 Å². The van der Waals surface area contributed by atoms with Crippen molar-refractivity contribution in [2.45, 2.75) is 12.5 Å². The highest BCUT2D eigenvalue weighted by atomic mass is 35.5. The van der Waals surface area contributed by atoms with Gasteiger partial charge in [-0.1, -0.05) is 54.1 Å². The molecule has 1 heterocycles. The lowest BCUT2D eigenvalue weighted by Gasteiger charge is -2.34. The Morgan fingerprint density at radius 1 is 0.885 bits per heavy atom. The first-order valence-corrected chi connectivity index (χ1v) is 8.31. The molecule has 2 aromatic rings. The number of nitrogens with two attached hydrogens (primary N) is 2. The zero-order valence-electron chi connectivity index (χ0n) is 13.9. The highest BCUT2D eigenvalue weighted by Gasteiger charge is 2.34. The molecule has 0 saturated heterocycles. The molecule has 0 atom stereocenters. The molecular weight excluding hydrogens is 346 g/mol. The maximum Gasteiger partial charge on any atom is 0.120 e. The van der Waals surface area contributed by atoms with Crippen molar-refractivity contribution in [3.05, 3.63) is 93.5 Å². The fraction of sp³-hybridized carbons (Fsp3) is 0.100. The number of nitrogens with zero attached hydrogens (tertiary/aromatic N) is 3. The maximum absolute atomic E-state index is 9.72. The molecule has 2 aromatic carbocycles. The molecular formula is C20H16ClN5. The van der Waals surface area contributed by atoms with Crippen molar-refractivity contribution in [1.82, 2.24) is 4.90 Å². The van der Waals surface area contributed by atoms with E-state index in [4.69, 9.17) is 23.1 Å². The first kappa shape index (κ1) is 17.4. The number of halogens is 1. The molecule has 5 nitrogen and oxygen atoms in total. The van der Waals surface area contributed by atoms with E-state index in [9.17, 15) is 10.5 Å². The minimum atomic E-state index is -0.603. The third-order valence-corrected chi connectivity index (χ3v) is 4.59. The molecule has 0 bridgehead atoms. The third-order valence-electron chi connectivity index (χ3n) is 4.34. The van der Waals surface area contributed by atoms with Gasteiger partial charge in [0.15, 0.2) is 0 Å². The van der Waals surface area contributed by atoms with E-state index in [0.29, 0.717) is 22.7 Å². The van der Waals surface area contributed by atoms with E-state index in [1.54, 1.807) is 29.2 Å². The van der Waals surface area contributed by atoms with Crippen LogP contribution in [-0.4, -0.2) is 4.90 Å². The van der Waals surface area contributed by atoms with Crippen LogP contribution in [0.25, 0.3) is 0 Å². The van der Waals surface area contributed by atoms with Crippen molar-refractivity contribution in [2.75, 3.05) is 0 Å². The summed E-state index contributed by atoms with van der Waals surface area (Å²) in [5, 5.41) is 20.0. The SMILES string of the molecule is N#CC1=C(N)N(Cc2ccccc2)C(N)=C(C#N)C1c1ccc(Cl)cc1. The van der Waals surface area contributed by atoms with Gasteiger partial charge in [-0.2, -0.15) is 10.5 Å². The van der Waals surface area contributed by atoms with E-state index >= 15 is 0 Å². The first-order valence-electron chi connectivity index (χ1n) is 7.93. The molecule has 0 fully saturated rings. The van der Waals surface area contributed by atoms with Crippen LogP contribution in [0.1, 0.15) is 17.0 Å². The summed E-state index contributed by atoms with van der Waals surface area (Å²) in [7, 11) is 0. The Hall–Kier alpha value is -3.41. The van der Waals surface area contributed by atoms with E-state index in [1.165, 1.54) is 0 Å². The maximum atomic E-state index is 9.72. The molecule has 3 rings (SSSR count). The topological polar surface area (TPSA) is 103 Å². The second-order valence-corrected chi connectivity index (χ2v) is 6.31. The van der Waals surface area contributed by atoms with Gasteiger partial charge >= 0.3 is 0 Å². The van der Waals surface area contributed by atoms with Gasteiger partial charge in [-0.3, -0.25) is 0 Å². The smallest absolute Gasteiger partial charge is 0.120 e. The van der Waals surface area contributed by atoms with Gasteiger partial charge in [-0.25, -0.2) is 0 Å². The van der Waals surface area contributed by atoms with Crippen LogP contribution in [0, 0.1) is 22.7 Å². The quantitative estimate of drug-likeness (QED) is 0.872. The molecule has 0 aromatic heterocycles. The molecule has 26 heavy (non-hydrogen) atoms. The fourth-order valence-electron chi connectivity index (χ4n) is 3.03. The third kappa shape index (κ3) is 3.09. The average molecular weight is 362 g/mol. The van der Waals surface area contributed by atoms with E-state index in [-0.39, 0.29) is 11.6 Å². The molecule has 0 spiro atoms. The summed E-state index contributed by atoms with van der Waals surface area (Å²) in [6, 6.07) is 20.9. The van der Waals surface area contributed by atoms with Crippen LogP contribution in [0.5, 0.6) is 0 Å². The molecule has 0 saturated carbocycles. The van der Waals surface area contributed by atoms with Gasteiger partial charge in [0.05, 0.1) is 35.7 Å². The van der Waals surface area contributed by atoms with Crippen molar-refractivity contribution in [3.8, 4) is 12.1 Å². The Morgan fingerprint density at radius 2 is 1.42 bits per heavy atom. The molecule has 0 unspecified atom stereocenters. The van der Waals surface area contributed by atoms with Gasteiger partial charge < -0.3 is 16.4 Å². The summed E-state index contributed by atoms with van der Waals surface area (Å²) in [6.45, 7) is 0.377. The lowest BCUT2D eigenvalue weighted by atomic mass is 9.83. The molecule has 0 amide bonds. The van der Waals surface area contributed by atoms with Crippen LogP contribution in [0.4, 0.5) is 0 Å². The first-order chi connectivity index (χ1) is 12.6. The van der Waals surface area contributed by atoms with E-state index in [2.05, 4.69) is 12.1 Å². The van der Waals surface area contributed by atoms with Crippen LogP contribution in [-0.2, 0) is 6.54 Å². The van der Waals surface area contributed by atoms with Crippen LogP contribution in [0.2, 0.25) is 5.02 Å². The summed E-state index contributed by atoms with van der Waals surface area (Å²) >= 11 is 5.95. The van der Waals surface area contributed by atoms with Gasteiger partial charge in [0.1, 0.15) is 11.6 Å². The van der Waals surface area contributed by atoms with E-state index in [0.717, 1.165) is 11.1 Å². The highest BCUT2D eigenvalue weighted by Crippen LogP contribution is 2.39. The molecule has 6 heteroatoms. The van der Waals surface area contributed by atoms with Gasteiger partial charge in [0.2, 0.25) is 0 Å². The fourth-order valence-corrected chi connectivity index (χ4v) is 3.16. The predicted molar refractivity (Wildman–Crippen MR) is 99.8 cm³/mol. The van der Waals surface area contributed by atoms with E-state index < -0.39 is 5.92 Å². The van der Waals surface area contributed by atoms with Crippen LogP contribution in [0.15, 0.2) is 77.4 Å². The molecule has 1 aliphatic heterocycles. The van der Waals surface area contributed by atoms with Gasteiger partial charge in [0, 0.05) is 5.02 Å². The predicted octanol–water partition coefficient (Wildman–Crippen LogP) is 3.33. The van der Waals surface area contributed by atoms with Gasteiger partial charge in [0.25, 0.3) is 0 Å². The second kappa shape index (κ2) is 7.23. The van der Waals surface area contributed by atoms with Crippen molar-refractivity contribution in [3.63, 3.8) is 0 Å². The highest BCUT2D eigenvalue weighted by molar-refractivity contribution is 6.30. The molecule has 1 aliphatic rings. The van der Waals surface area contributed by atoms with Crippen LogP contribution >= 0.6 is 11.6 Å². The van der Waals surface area contributed by atoms with Crippen LogP contribution < -0.4 is 11.5 Å². The Kier molecular flexibility index (Phi) is 4.84. The molecule has 128 valence electrons. The monoisotopic (exact) mass is 361 g/mol. The second-order valence-electron chi connectivity index (χ2n) is 5.88. The lowest BCUT2D eigenvalue weighted by molar-refractivity contribution is 0.389. The van der Waals surface area contributed by atoms with Gasteiger partial charge in [-0.15, -0.1) is 0 Å². The minimum absolute atomic E-state index is 0.257. The van der Waals surface area contributed by atoms with Crippen molar-refractivity contribution in [2.24, 2.45) is 11.5 Å². The standard InChI is InChI=1S/C20H16ClN5/c21-15-8-6-14(7-9-15)18-16(10-22)19(24)26(20(25)17(18)11-23)12-13-4-2-1-3-5-13/h1-9,18H,12,24-25H2. The summed E-state index contributed by atoms with van der Waals surface area (Å²) in [6.07, 6.45) is 0. The largest absolute Gasteiger partial charge is 0.384 e. The average Bonchev–Trinajstić information content (AvgIpc) is 2.66. The Bertz CT molecular complexity index is 924. The number of hydrogen-bond acceptors (Lipinski definition) is 5. The molecule has 0 radical (unpaired) electrons. The summed E-state index contributed by atoms with van der Waals surface area (Å²) in [5.74, 6) is -0.0881. The zero-order valence-corrected chi connectivity index (χ0v) is 14.6. The number of nitriles is 2. The molecule has 4 N–H and O–H groups in total. The number of rotatable bonds is 3. The number of benzene rings is 2. The lowest BCUT2D eigenvalue weighted by Crippen LogP contribution is -2.38. The Balaban J connectivity index is 2.10. The Labute approximate surface area is 157 Å². The summed E-state index contributed by atoms with van der Waals surface area (Å²) < 4.78 is 0. The van der Waals surface area contributed by atoms with E-state index in [1.807, 2.05) is 30.3 Å².